The summed E-state index contributed by atoms with van der Waals surface area (Å²) in [4.78, 5) is 40.8. The van der Waals surface area contributed by atoms with Crippen molar-refractivity contribution in [2.24, 2.45) is 50.2 Å². The summed E-state index contributed by atoms with van der Waals surface area (Å²) in [6.07, 6.45) is -30.5. The molecule has 4 heterocycles. The number of carbonyl (C=O) groups is 3. The fourth-order valence-electron chi connectivity index (χ4n) is 17.0. The molecule has 0 bridgehead atoms. The van der Waals surface area contributed by atoms with Gasteiger partial charge in [-0.3, -0.25) is 14.4 Å². The van der Waals surface area contributed by atoms with E-state index in [2.05, 4.69) is 40.7 Å². The lowest BCUT2D eigenvalue weighted by Gasteiger charge is -2.71. The van der Waals surface area contributed by atoms with Gasteiger partial charge in [-0.25, -0.2) is 0 Å². The maximum Gasteiger partial charge on any atom is 0.315 e. The van der Waals surface area contributed by atoms with Crippen LogP contribution in [-0.4, -0.2) is 246 Å². The highest BCUT2D eigenvalue weighted by Crippen LogP contribution is 2.76. The molecule has 0 amide bonds. The number of fused-ring (bicyclic) bond motifs is 7. The van der Waals surface area contributed by atoms with E-state index in [0.29, 0.717) is 51.4 Å². The Labute approximate surface area is 488 Å². The van der Waals surface area contributed by atoms with Crippen molar-refractivity contribution >= 4 is 17.9 Å². The molecule has 0 radical (unpaired) electrons. The molecule has 0 aromatic carbocycles. The van der Waals surface area contributed by atoms with Gasteiger partial charge in [-0.05, 0) is 104 Å². The Morgan fingerprint density at radius 1 is 0.571 bits per heavy atom. The lowest BCUT2D eigenvalue weighted by molar-refractivity contribution is -0.387. The van der Waals surface area contributed by atoms with E-state index in [1.54, 1.807) is 0 Å². The van der Waals surface area contributed by atoms with E-state index in [0.717, 1.165) is 12.5 Å². The molecule has 26 heteroatoms. The maximum atomic E-state index is 15.9. The number of hydrogen-bond acceptors (Lipinski definition) is 26. The van der Waals surface area contributed by atoms with Crippen molar-refractivity contribution in [1.82, 2.24) is 0 Å². The Morgan fingerprint density at radius 3 is 1.69 bits per heavy atom. The molecule has 9 rings (SSSR count). The zero-order valence-electron chi connectivity index (χ0n) is 49.3. The van der Waals surface area contributed by atoms with Crippen LogP contribution < -0.4 is 0 Å². The van der Waals surface area contributed by atoms with Crippen molar-refractivity contribution in [3.63, 3.8) is 0 Å². The molecule has 4 saturated heterocycles. The molecule has 26 nitrogen and oxygen atoms in total. The van der Waals surface area contributed by atoms with Crippen LogP contribution in [-0.2, 0) is 61.8 Å². The molecule has 0 spiro atoms. The quantitative estimate of drug-likeness (QED) is 0.0390. The number of hydrogen-bond donors (Lipinski definition) is 13. The molecule has 4 saturated carbocycles. The monoisotopic (exact) mass is 1200 g/mol. The van der Waals surface area contributed by atoms with Crippen molar-refractivity contribution in [3.8, 4) is 0 Å². The molecular weight excluding hydrogens is 1110 g/mol. The maximum absolute atomic E-state index is 15.9. The third-order valence-electron chi connectivity index (χ3n) is 22.0. The van der Waals surface area contributed by atoms with Gasteiger partial charge in [0.25, 0.3) is 0 Å². The summed E-state index contributed by atoms with van der Waals surface area (Å²) in [5.74, 6) is -2.88. The highest BCUT2D eigenvalue weighted by Gasteiger charge is 2.72. The van der Waals surface area contributed by atoms with Gasteiger partial charge in [-0.1, -0.05) is 53.2 Å². The Hall–Kier alpha value is -2.65. The van der Waals surface area contributed by atoms with Crippen LogP contribution >= 0.6 is 0 Å². The largest absolute Gasteiger partial charge is 0.465 e. The van der Waals surface area contributed by atoms with Crippen LogP contribution in [0.2, 0.25) is 0 Å². The summed E-state index contributed by atoms with van der Waals surface area (Å²) in [6.45, 7) is 14.3. The van der Waals surface area contributed by atoms with Crippen molar-refractivity contribution < 1.29 is 128 Å². The molecular formula is C58H92O26. The van der Waals surface area contributed by atoms with Crippen LogP contribution in [0.5, 0.6) is 0 Å². The predicted molar refractivity (Wildman–Crippen MR) is 283 cm³/mol. The van der Waals surface area contributed by atoms with Gasteiger partial charge in [-0.15, -0.1) is 0 Å². The fraction of sp³-hybridized carbons (Fsp3) is 0.914. The third kappa shape index (κ3) is 11.2. The molecule has 4 aliphatic heterocycles. The summed E-state index contributed by atoms with van der Waals surface area (Å²) in [5, 5.41) is 142. The van der Waals surface area contributed by atoms with Crippen LogP contribution in [0.4, 0.5) is 0 Å². The Balaban J connectivity index is 1.06. The molecule has 84 heavy (non-hydrogen) atoms. The number of allylic oxidation sites excluding steroid dienone is 2. The average molecular weight is 1210 g/mol. The molecule has 0 aromatic heterocycles. The highest BCUT2D eigenvalue weighted by atomic mass is 16.8. The normalized spacial score (nSPS) is 51.8. The van der Waals surface area contributed by atoms with E-state index in [-0.39, 0.29) is 30.3 Å². The SMILES string of the molecule is CC(=O)OCC1OC(OC(=O)C23CCC(C)(C)CC2C2=CCC4C5(C)CC(O)C(OC6OC(CO)C(O)C(O)C6O)C(C)(COC(C)=O)C5CCC4(C)C2(C)CC3)C(OC2OC(C)C(O)C(O)C2O)C(OC2OC(CO)C(O)C(O)C2O)C1O. The van der Waals surface area contributed by atoms with Gasteiger partial charge in [0.1, 0.15) is 92.1 Å². The molecule has 8 fully saturated rings. The molecule has 480 valence electrons. The van der Waals surface area contributed by atoms with Gasteiger partial charge in [0, 0.05) is 19.3 Å². The van der Waals surface area contributed by atoms with Crippen molar-refractivity contribution in [2.45, 2.75) is 255 Å². The average Bonchev–Trinajstić information content (AvgIpc) is 0.697. The molecule has 30 unspecified atom stereocenters. The number of aliphatic hydroxyl groups is 13. The second kappa shape index (κ2) is 24.3. The number of carbonyl (C=O) groups excluding carboxylic acids is 3. The van der Waals surface area contributed by atoms with E-state index in [1.807, 2.05) is 6.92 Å². The zero-order valence-corrected chi connectivity index (χ0v) is 49.3. The van der Waals surface area contributed by atoms with E-state index in [9.17, 15) is 76.0 Å². The number of esters is 3. The first-order valence-corrected chi connectivity index (χ1v) is 29.7. The lowest BCUT2D eigenvalue weighted by Crippen LogP contribution is -2.70. The van der Waals surface area contributed by atoms with Crippen LogP contribution in [0.25, 0.3) is 0 Å². The molecule has 13 N–H and O–H groups in total. The van der Waals surface area contributed by atoms with Crippen molar-refractivity contribution in [1.29, 1.82) is 0 Å². The standard InChI is InChI=1S/C58H92O26/c1-24-35(64)39(68)42(71)48(77-24)82-46-45(81-49-43(72)40(69)36(65)30(20-59)78-49)38(67)32(22-75-25(2)61)80-51(46)84-52(74)58-16-14-53(4,5)18-28(58)27-10-11-34-54(6)19-29(63)47(83-50-44(73)41(70)37(66)31(21-60)79-50)55(7,23-76-26(3)62)33(54)12-13-57(34,9)56(27,8)15-17-58/h10,24,28-51,59-60,63-73H,11-23H2,1-9H3. The summed E-state index contributed by atoms with van der Waals surface area (Å²) < 4.78 is 60.3. The Bertz CT molecular complexity index is 2390. The van der Waals surface area contributed by atoms with Gasteiger partial charge >= 0.3 is 17.9 Å². The van der Waals surface area contributed by atoms with Crippen LogP contribution in [0.3, 0.4) is 0 Å². The van der Waals surface area contributed by atoms with E-state index < -0.39 is 206 Å². The van der Waals surface area contributed by atoms with Crippen LogP contribution in [0.15, 0.2) is 11.6 Å². The summed E-state index contributed by atoms with van der Waals surface area (Å²) in [7, 11) is 0. The van der Waals surface area contributed by atoms with Gasteiger partial charge < -0.3 is 114 Å². The van der Waals surface area contributed by atoms with Gasteiger partial charge in [-0.2, -0.15) is 0 Å². The van der Waals surface area contributed by atoms with Gasteiger partial charge in [0.15, 0.2) is 25.0 Å². The summed E-state index contributed by atoms with van der Waals surface area (Å²) in [5.41, 5.74) is -3.28. The molecule has 9 aliphatic rings. The third-order valence-corrected chi connectivity index (χ3v) is 22.0. The molecule has 5 aliphatic carbocycles. The second-order valence-corrected chi connectivity index (χ2v) is 27.5. The smallest absolute Gasteiger partial charge is 0.315 e. The van der Waals surface area contributed by atoms with Gasteiger partial charge in [0.2, 0.25) is 6.29 Å². The Kier molecular flexibility index (Phi) is 19.0. The minimum Gasteiger partial charge on any atom is -0.465 e. The first-order valence-electron chi connectivity index (χ1n) is 29.7. The van der Waals surface area contributed by atoms with Crippen LogP contribution in [0, 0.1) is 50.2 Å². The highest BCUT2D eigenvalue weighted by molar-refractivity contribution is 5.79. The number of aliphatic hydroxyl groups excluding tert-OH is 13. The molecule has 0 aromatic rings. The number of ether oxygens (including phenoxy) is 10. The Morgan fingerprint density at radius 2 is 1.11 bits per heavy atom. The minimum absolute atomic E-state index is 0.109. The first kappa shape index (κ1) is 65.8. The fourth-order valence-corrected chi connectivity index (χ4v) is 17.0. The molecule has 30 atom stereocenters. The van der Waals surface area contributed by atoms with E-state index in [1.165, 1.54) is 13.8 Å². The van der Waals surface area contributed by atoms with Crippen molar-refractivity contribution in [2.75, 3.05) is 26.4 Å². The van der Waals surface area contributed by atoms with Crippen LogP contribution in [0.1, 0.15) is 120 Å². The van der Waals surface area contributed by atoms with E-state index >= 15 is 4.79 Å². The first-order chi connectivity index (χ1) is 39.2. The van der Waals surface area contributed by atoms with Crippen molar-refractivity contribution in [3.05, 3.63) is 11.6 Å². The van der Waals surface area contributed by atoms with E-state index in [4.69, 9.17) is 47.4 Å². The number of rotatable bonds is 14. The predicted octanol–water partition coefficient (Wildman–Crippen LogP) is -1.92. The lowest BCUT2D eigenvalue weighted by atomic mass is 9.33. The summed E-state index contributed by atoms with van der Waals surface area (Å²) >= 11 is 0. The topological polar surface area (TPSA) is 407 Å². The minimum atomic E-state index is -2.02. The summed E-state index contributed by atoms with van der Waals surface area (Å²) in [6, 6.07) is 0. The zero-order chi connectivity index (χ0) is 61.7. The second-order valence-electron chi connectivity index (χ2n) is 27.5. The van der Waals surface area contributed by atoms with Gasteiger partial charge in [0.05, 0.1) is 43.5 Å².